The van der Waals surface area contributed by atoms with Crippen molar-refractivity contribution in [3.8, 4) is 0 Å². The molecule has 0 aliphatic heterocycles. The maximum absolute atomic E-state index is 11.1. The Balaban J connectivity index is 2.89. The predicted molar refractivity (Wildman–Crippen MR) is 65.9 cm³/mol. The lowest BCUT2D eigenvalue weighted by atomic mass is 10.1. The largest absolute Gasteiger partial charge is 0.469 e. The molecule has 0 saturated heterocycles. The maximum Gasteiger partial charge on any atom is 0.309 e. The van der Waals surface area contributed by atoms with Gasteiger partial charge in [0.25, 0.3) is 0 Å². The van der Waals surface area contributed by atoms with Crippen LogP contribution in [-0.2, 0) is 16.0 Å². The maximum atomic E-state index is 11.1. The second-order valence-corrected chi connectivity index (χ2v) is 3.53. The fraction of sp³-hybridized carbons (Fsp3) is 0.308. The molecule has 1 rings (SSSR count). The van der Waals surface area contributed by atoms with Gasteiger partial charge in [-0.2, -0.15) is 0 Å². The zero-order chi connectivity index (χ0) is 12.0. The van der Waals surface area contributed by atoms with E-state index in [2.05, 4.69) is 11.7 Å². The highest BCUT2D eigenvalue weighted by Crippen LogP contribution is 2.16. The molecule has 0 aromatic heterocycles. The van der Waals surface area contributed by atoms with E-state index in [4.69, 9.17) is 5.73 Å². The highest BCUT2D eigenvalue weighted by atomic mass is 16.5. The summed E-state index contributed by atoms with van der Waals surface area (Å²) in [6.07, 6.45) is 5.24. The van der Waals surface area contributed by atoms with Crippen molar-refractivity contribution in [3.63, 3.8) is 0 Å². The highest BCUT2D eigenvalue weighted by molar-refractivity contribution is 5.74. The van der Waals surface area contributed by atoms with Crippen LogP contribution in [0.2, 0.25) is 0 Å². The van der Waals surface area contributed by atoms with E-state index in [9.17, 15) is 4.79 Å². The van der Waals surface area contributed by atoms with E-state index in [0.29, 0.717) is 0 Å². The van der Waals surface area contributed by atoms with Gasteiger partial charge in [-0.15, -0.1) is 0 Å². The van der Waals surface area contributed by atoms with Crippen LogP contribution in [0.1, 0.15) is 24.5 Å². The SMILES string of the molecule is CC/C=C\c1cc(CC(=O)OC)ccc1N. The minimum atomic E-state index is -0.241. The molecular formula is C13H17NO2. The van der Waals surface area contributed by atoms with Crippen molar-refractivity contribution >= 4 is 17.7 Å². The first kappa shape index (κ1) is 12.3. The van der Waals surface area contributed by atoms with Gasteiger partial charge in [-0.1, -0.05) is 25.1 Å². The van der Waals surface area contributed by atoms with Crippen molar-refractivity contribution < 1.29 is 9.53 Å². The molecule has 0 bridgehead atoms. The van der Waals surface area contributed by atoms with Crippen molar-refractivity contribution in [1.82, 2.24) is 0 Å². The number of nitrogen functional groups attached to an aromatic ring is 1. The Morgan fingerprint density at radius 2 is 2.25 bits per heavy atom. The summed E-state index contributed by atoms with van der Waals surface area (Å²) in [5.74, 6) is -0.241. The summed E-state index contributed by atoms with van der Waals surface area (Å²) in [6, 6.07) is 5.57. The van der Waals surface area contributed by atoms with Crippen molar-refractivity contribution in [2.24, 2.45) is 0 Å². The molecule has 0 amide bonds. The Kier molecular flexibility index (Phi) is 4.58. The average Bonchev–Trinajstić information content (AvgIpc) is 2.29. The lowest BCUT2D eigenvalue weighted by Gasteiger charge is -2.04. The van der Waals surface area contributed by atoms with E-state index in [1.807, 2.05) is 30.4 Å². The van der Waals surface area contributed by atoms with Crippen LogP contribution in [0.4, 0.5) is 5.69 Å². The number of methoxy groups -OCH3 is 1. The van der Waals surface area contributed by atoms with Crippen LogP contribution in [0.15, 0.2) is 24.3 Å². The van der Waals surface area contributed by atoms with Crippen molar-refractivity contribution in [2.75, 3.05) is 12.8 Å². The topological polar surface area (TPSA) is 52.3 Å². The van der Waals surface area contributed by atoms with Gasteiger partial charge in [-0.05, 0) is 29.7 Å². The average molecular weight is 219 g/mol. The van der Waals surface area contributed by atoms with Gasteiger partial charge < -0.3 is 10.5 Å². The highest BCUT2D eigenvalue weighted by Gasteiger charge is 2.04. The van der Waals surface area contributed by atoms with Gasteiger partial charge in [0, 0.05) is 5.69 Å². The molecule has 3 heteroatoms. The predicted octanol–water partition coefficient (Wildman–Crippen LogP) is 2.41. The van der Waals surface area contributed by atoms with Gasteiger partial charge in [-0.3, -0.25) is 4.79 Å². The molecule has 1 aromatic carbocycles. The molecule has 0 fully saturated rings. The molecule has 3 nitrogen and oxygen atoms in total. The van der Waals surface area contributed by atoms with Crippen LogP contribution in [0.25, 0.3) is 6.08 Å². The van der Waals surface area contributed by atoms with E-state index >= 15 is 0 Å². The van der Waals surface area contributed by atoms with Crippen molar-refractivity contribution in [2.45, 2.75) is 19.8 Å². The second kappa shape index (κ2) is 5.95. The summed E-state index contributed by atoms with van der Waals surface area (Å²) in [4.78, 5) is 11.1. The Morgan fingerprint density at radius 3 is 2.88 bits per heavy atom. The molecule has 0 radical (unpaired) electrons. The van der Waals surface area contributed by atoms with E-state index < -0.39 is 0 Å². The van der Waals surface area contributed by atoms with E-state index in [1.165, 1.54) is 7.11 Å². The molecule has 0 spiro atoms. The summed E-state index contributed by atoms with van der Waals surface area (Å²) in [5.41, 5.74) is 8.41. The monoisotopic (exact) mass is 219 g/mol. The molecule has 0 atom stereocenters. The lowest BCUT2D eigenvalue weighted by molar-refractivity contribution is -0.139. The zero-order valence-corrected chi connectivity index (χ0v) is 9.69. The minimum Gasteiger partial charge on any atom is -0.469 e. The zero-order valence-electron chi connectivity index (χ0n) is 9.69. The molecule has 2 N–H and O–H groups in total. The number of carbonyl (C=O) groups excluding carboxylic acids is 1. The molecule has 0 saturated carbocycles. The van der Waals surface area contributed by atoms with E-state index in [1.54, 1.807) is 0 Å². The molecule has 1 aromatic rings. The first-order chi connectivity index (χ1) is 7.67. The summed E-state index contributed by atoms with van der Waals surface area (Å²) >= 11 is 0. The Hall–Kier alpha value is -1.77. The molecular weight excluding hydrogens is 202 g/mol. The first-order valence-corrected chi connectivity index (χ1v) is 5.29. The third-order valence-electron chi connectivity index (χ3n) is 2.26. The van der Waals surface area contributed by atoms with Crippen molar-refractivity contribution in [3.05, 3.63) is 35.4 Å². The van der Waals surface area contributed by atoms with Crippen LogP contribution in [0.3, 0.4) is 0 Å². The van der Waals surface area contributed by atoms with Gasteiger partial charge in [0.15, 0.2) is 0 Å². The number of nitrogens with two attached hydrogens (primary N) is 1. The minimum absolute atomic E-state index is 0.241. The fourth-order valence-corrected chi connectivity index (χ4v) is 1.36. The summed E-state index contributed by atoms with van der Waals surface area (Å²) in [7, 11) is 1.39. The first-order valence-electron chi connectivity index (χ1n) is 5.29. The quantitative estimate of drug-likeness (QED) is 0.625. The molecule has 0 aliphatic rings. The Labute approximate surface area is 95.9 Å². The van der Waals surface area contributed by atoms with Crippen molar-refractivity contribution in [1.29, 1.82) is 0 Å². The number of benzene rings is 1. The Bertz CT molecular complexity index is 397. The van der Waals surface area contributed by atoms with Crippen LogP contribution in [0.5, 0.6) is 0 Å². The number of ether oxygens (including phenoxy) is 1. The standard InChI is InChI=1S/C13H17NO2/c1-3-4-5-11-8-10(6-7-12(11)14)9-13(15)16-2/h4-8H,3,9,14H2,1-2H3/b5-4-. The number of hydrogen-bond acceptors (Lipinski definition) is 3. The van der Waals surface area contributed by atoms with E-state index in [0.717, 1.165) is 23.2 Å². The van der Waals surface area contributed by atoms with Gasteiger partial charge in [0.1, 0.15) is 0 Å². The lowest BCUT2D eigenvalue weighted by Crippen LogP contribution is -2.04. The van der Waals surface area contributed by atoms with Gasteiger partial charge >= 0.3 is 5.97 Å². The molecule has 16 heavy (non-hydrogen) atoms. The molecule has 0 unspecified atom stereocenters. The van der Waals surface area contributed by atoms with Crippen LogP contribution >= 0.6 is 0 Å². The smallest absolute Gasteiger partial charge is 0.309 e. The summed E-state index contributed by atoms with van der Waals surface area (Å²) in [5, 5.41) is 0. The molecule has 0 aliphatic carbocycles. The Morgan fingerprint density at radius 1 is 1.50 bits per heavy atom. The number of hydrogen-bond donors (Lipinski definition) is 1. The van der Waals surface area contributed by atoms with E-state index in [-0.39, 0.29) is 12.4 Å². The van der Waals surface area contributed by atoms with Crippen LogP contribution in [-0.4, -0.2) is 13.1 Å². The summed E-state index contributed by atoms with van der Waals surface area (Å²) in [6.45, 7) is 2.06. The number of carbonyl (C=O) groups is 1. The second-order valence-electron chi connectivity index (χ2n) is 3.53. The number of allylic oxidation sites excluding steroid dienone is 1. The number of anilines is 1. The molecule has 0 heterocycles. The fourth-order valence-electron chi connectivity index (χ4n) is 1.36. The van der Waals surface area contributed by atoms with Gasteiger partial charge in [0.05, 0.1) is 13.5 Å². The third kappa shape index (κ3) is 3.42. The number of rotatable bonds is 4. The summed E-state index contributed by atoms with van der Waals surface area (Å²) < 4.78 is 4.62. The van der Waals surface area contributed by atoms with Gasteiger partial charge in [-0.25, -0.2) is 0 Å². The number of esters is 1. The molecule has 86 valence electrons. The van der Waals surface area contributed by atoms with Crippen LogP contribution in [0, 0.1) is 0 Å². The third-order valence-corrected chi connectivity index (χ3v) is 2.26. The normalized spacial score (nSPS) is 10.6. The van der Waals surface area contributed by atoms with Gasteiger partial charge in [0.2, 0.25) is 0 Å². The van der Waals surface area contributed by atoms with Crippen LogP contribution < -0.4 is 5.73 Å².